The number of benzene rings is 2. The van der Waals surface area contributed by atoms with Gasteiger partial charge in [0, 0.05) is 29.5 Å². The maximum atomic E-state index is 13.0. The third-order valence-electron chi connectivity index (χ3n) is 3.91. The number of carbonyl (C=O) groups is 1. The average molecular weight is 301 g/mol. The minimum absolute atomic E-state index is 0.0145. The molecular weight excluding hydrogens is 284 g/mol. The second-order valence-electron chi connectivity index (χ2n) is 5.30. The number of nitrogens with one attached hydrogen (secondary N) is 1. The normalized spacial score (nSPS) is 16.7. The molecule has 3 nitrogen and oxygen atoms in total. The summed E-state index contributed by atoms with van der Waals surface area (Å²) in [7, 11) is 1.81. The van der Waals surface area contributed by atoms with Crippen molar-refractivity contribution >= 4 is 28.9 Å². The van der Waals surface area contributed by atoms with E-state index in [1.54, 1.807) is 19.2 Å². The van der Waals surface area contributed by atoms with Gasteiger partial charge in [0.1, 0.15) is 0 Å². The van der Waals surface area contributed by atoms with Crippen molar-refractivity contribution < 1.29 is 4.79 Å². The molecule has 3 rings (SSSR count). The minimum Gasteiger partial charge on any atom is -0.387 e. The smallest absolute Gasteiger partial charge is 0.260 e. The molecule has 21 heavy (non-hydrogen) atoms. The minimum atomic E-state index is -0.0145. The molecule has 4 heteroatoms. The Labute approximate surface area is 129 Å². The Morgan fingerprint density at radius 2 is 2.05 bits per heavy atom. The Balaban J connectivity index is 2.05. The van der Waals surface area contributed by atoms with Crippen molar-refractivity contribution in [1.82, 2.24) is 0 Å². The molecule has 0 radical (unpaired) electrons. The van der Waals surface area contributed by atoms with E-state index in [4.69, 9.17) is 11.6 Å². The van der Waals surface area contributed by atoms with Crippen molar-refractivity contribution in [2.75, 3.05) is 17.3 Å². The molecule has 0 saturated heterocycles. The molecule has 0 spiro atoms. The van der Waals surface area contributed by atoms with Crippen molar-refractivity contribution in [3.8, 4) is 0 Å². The number of halogens is 1. The van der Waals surface area contributed by atoms with Crippen LogP contribution in [0, 0.1) is 0 Å². The largest absolute Gasteiger partial charge is 0.387 e. The van der Waals surface area contributed by atoms with Gasteiger partial charge in [-0.25, -0.2) is 0 Å². The van der Waals surface area contributed by atoms with Crippen molar-refractivity contribution in [1.29, 1.82) is 0 Å². The van der Waals surface area contributed by atoms with Crippen LogP contribution in [0.1, 0.15) is 22.8 Å². The van der Waals surface area contributed by atoms with Crippen LogP contribution in [0.25, 0.3) is 0 Å². The first-order valence-corrected chi connectivity index (χ1v) is 7.38. The zero-order valence-electron chi connectivity index (χ0n) is 12.1. The van der Waals surface area contributed by atoms with Gasteiger partial charge in [0.2, 0.25) is 0 Å². The first-order chi connectivity index (χ1) is 10.1. The number of hydrogen-bond acceptors (Lipinski definition) is 2. The van der Waals surface area contributed by atoms with Gasteiger partial charge in [-0.1, -0.05) is 29.8 Å². The number of hydrogen-bond donors (Lipinski definition) is 1. The summed E-state index contributed by atoms with van der Waals surface area (Å²) in [6.07, 6.45) is 0.886. The highest BCUT2D eigenvalue weighted by Gasteiger charge is 2.32. The second kappa shape index (κ2) is 5.41. The lowest BCUT2D eigenvalue weighted by Crippen LogP contribution is -2.36. The lowest BCUT2D eigenvalue weighted by atomic mass is 10.1. The average Bonchev–Trinajstić information content (AvgIpc) is 2.82. The number of fused-ring (bicyclic) bond motifs is 1. The number of amides is 1. The SMILES string of the molecule is CNc1ccc(Cl)cc1C(=O)N1c2ccccc2CC1C. The van der Waals surface area contributed by atoms with Gasteiger partial charge < -0.3 is 10.2 Å². The Morgan fingerprint density at radius 1 is 1.29 bits per heavy atom. The van der Waals surface area contributed by atoms with E-state index in [-0.39, 0.29) is 11.9 Å². The Hall–Kier alpha value is -2.00. The fraction of sp³-hybridized carbons (Fsp3) is 0.235. The standard InChI is InChI=1S/C17H17ClN2O/c1-11-9-12-5-3-4-6-16(12)20(11)17(21)14-10-13(18)7-8-15(14)19-2/h3-8,10-11,19H,9H2,1-2H3. The topological polar surface area (TPSA) is 32.3 Å². The van der Waals surface area contributed by atoms with Crippen molar-refractivity contribution in [3.63, 3.8) is 0 Å². The summed E-state index contributed by atoms with van der Waals surface area (Å²) in [6, 6.07) is 13.6. The third-order valence-corrected chi connectivity index (χ3v) is 4.14. The summed E-state index contributed by atoms with van der Waals surface area (Å²) in [5, 5.41) is 3.63. The van der Waals surface area contributed by atoms with E-state index in [1.165, 1.54) is 5.56 Å². The summed E-state index contributed by atoms with van der Waals surface area (Å²) < 4.78 is 0. The van der Waals surface area contributed by atoms with Crippen LogP contribution in [0.2, 0.25) is 5.02 Å². The fourth-order valence-electron chi connectivity index (χ4n) is 2.92. The van der Waals surface area contributed by atoms with Crippen LogP contribution in [0.4, 0.5) is 11.4 Å². The maximum absolute atomic E-state index is 13.0. The summed E-state index contributed by atoms with van der Waals surface area (Å²) >= 11 is 6.06. The van der Waals surface area contributed by atoms with Gasteiger partial charge in [-0.05, 0) is 43.2 Å². The second-order valence-corrected chi connectivity index (χ2v) is 5.73. The molecule has 1 unspecified atom stereocenters. The molecule has 1 atom stereocenters. The van der Waals surface area contributed by atoms with Crippen LogP contribution < -0.4 is 10.2 Å². The fourth-order valence-corrected chi connectivity index (χ4v) is 3.09. The van der Waals surface area contributed by atoms with Gasteiger partial charge in [0.25, 0.3) is 5.91 Å². The Morgan fingerprint density at radius 3 is 2.81 bits per heavy atom. The number of nitrogens with zero attached hydrogens (tertiary/aromatic N) is 1. The predicted molar refractivity (Wildman–Crippen MR) is 87.4 cm³/mol. The van der Waals surface area contributed by atoms with Crippen LogP contribution in [-0.4, -0.2) is 19.0 Å². The molecule has 0 aromatic heterocycles. The van der Waals surface area contributed by atoms with E-state index >= 15 is 0 Å². The van der Waals surface area contributed by atoms with E-state index in [2.05, 4.69) is 18.3 Å². The van der Waals surface area contributed by atoms with Gasteiger partial charge >= 0.3 is 0 Å². The first-order valence-electron chi connectivity index (χ1n) is 7.00. The number of rotatable bonds is 2. The number of anilines is 2. The molecule has 0 aliphatic carbocycles. The molecule has 0 saturated carbocycles. The summed E-state index contributed by atoms with van der Waals surface area (Å²) in [5.74, 6) is -0.0145. The van der Waals surface area contributed by atoms with E-state index in [0.717, 1.165) is 17.8 Å². The molecule has 1 aliphatic heterocycles. The van der Waals surface area contributed by atoms with E-state index in [1.807, 2.05) is 29.2 Å². The zero-order valence-corrected chi connectivity index (χ0v) is 12.8. The molecule has 1 heterocycles. The van der Waals surface area contributed by atoms with Crippen LogP contribution >= 0.6 is 11.6 Å². The van der Waals surface area contributed by atoms with E-state index in [9.17, 15) is 4.79 Å². The van der Waals surface area contributed by atoms with Crippen LogP contribution in [0.3, 0.4) is 0 Å². The van der Waals surface area contributed by atoms with Gasteiger partial charge in [0.15, 0.2) is 0 Å². The summed E-state index contributed by atoms with van der Waals surface area (Å²) in [5.41, 5.74) is 3.61. The number of carbonyl (C=O) groups excluding carboxylic acids is 1. The highest BCUT2D eigenvalue weighted by molar-refractivity contribution is 6.31. The molecule has 1 amide bonds. The van der Waals surface area contributed by atoms with Gasteiger partial charge in [-0.2, -0.15) is 0 Å². The molecule has 2 aromatic carbocycles. The van der Waals surface area contributed by atoms with Crippen molar-refractivity contribution in [2.24, 2.45) is 0 Å². The predicted octanol–water partition coefficient (Wildman–Crippen LogP) is 3.97. The maximum Gasteiger partial charge on any atom is 0.260 e. The molecule has 108 valence electrons. The molecular formula is C17H17ClN2O. The molecule has 1 aliphatic rings. The number of para-hydroxylation sites is 1. The highest BCUT2D eigenvalue weighted by atomic mass is 35.5. The van der Waals surface area contributed by atoms with E-state index in [0.29, 0.717) is 10.6 Å². The van der Waals surface area contributed by atoms with Crippen LogP contribution in [-0.2, 0) is 6.42 Å². The lowest BCUT2D eigenvalue weighted by molar-refractivity contribution is 0.0982. The molecule has 0 fully saturated rings. The van der Waals surface area contributed by atoms with Crippen LogP contribution in [0.5, 0.6) is 0 Å². The van der Waals surface area contributed by atoms with Gasteiger partial charge in [0.05, 0.1) is 5.56 Å². The van der Waals surface area contributed by atoms with Gasteiger partial charge in [-0.3, -0.25) is 4.79 Å². The quantitative estimate of drug-likeness (QED) is 0.910. The molecule has 2 aromatic rings. The van der Waals surface area contributed by atoms with Crippen LogP contribution in [0.15, 0.2) is 42.5 Å². The zero-order chi connectivity index (χ0) is 15.0. The summed E-state index contributed by atoms with van der Waals surface area (Å²) in [4.78, 5) is 14.8. The first kappa shape index (κ1) is 14.0. The molecule has 0 bridgehead atoms. The Bertz CT molecular complexity index is 699. The molecule has 1 N–H and O–H groups in total. The van der Waals surface area contributed by atoms with Crippen molar-refractivity contribution in [2.45, 2.75) is 19.4 Å². The highest BCUT2D eigenvalue weighted by Crippen LogP contribution is 2.34. The third kappa shape index (κ3) is 2.38. The summed E-state index contributed by atoms with van der Waals surface area (Å²) in [6.45, 7) is 2.07. The van der Waals surface area contributed by atoms with Crippen molar-refractivity contribution in [3.05, 3.63) is 58.6 Å². The Kier molecular flexibility index (Phi) is 3.60. The monoisotopic (exact) mass is 300 g/mol. The lowest BCUT2D eigenvalue weighted by Gasteiger charge is -2.24. The van der Waals surface area contributed by atoms with E-state index < -0.39 is 0 Å². The van der Waals surface area contributed by atoms with Gasteiger partial charge in [-0.15, -0.1) is 0 Å².